The second-order valence-corrected chi connectivity index (χ2v) is 4.34. The maximum absolute atomic E-state index is 10.8. The van der Waals surface area contributed by atoms with Crippen molar-refractivity contribution >= 4 is 16.6 Å². The average Bonchev–Trinajstić information content (AvgIpc) is 2.27. The van der Waals surface area contributed by atoms with Gasteiger partial charge in [-0.15, -0.1) is 4.91 Å². The smallest absolute Gasteiger partial charge is 0.130 e. The standard InChI is InChI=1S/C13H14N2O/c1-9(2)7-12-13(15-16)8-10-5-3-4-6-11(10)14-12/h3-6,8-9H,7H2,1-2H3. The van der Waals surface area contributed by atoms with Crippen molar-refractivity contribution < 1.29 is 0 Å². The molecule has 0 bridgehead atoms. The fraction of sp³-hybridized carbons (Fsp3) is 0.308. The van der Waals surface area contributed by atoms with Crippen LogP contribution in [0.2, 0.25) is 0 Å². The van der Waals surface area contributed by atoms with E-state index in [1.54, 1.807) is 0 Å². The highest BCUT2D eigenvalue weighted by atomic mass is 16.3. The molecule has 0 N–H and O–H groups in total. The van der Waals surface area contributed by atoms with Gasteiger partial charge < -0.3 is 0 Å². The summed E-state index contributed by atoms with van der Waals surface area (Å²) in [6.45, 7) is 4.21. The zero-order valence-electron chi connectivity index (χ0n) is 9.47. The molecule has 0 saturated carbocycles. The molecule has 0 aliphatic rings. The largest absolute Gasteiger partial charge is 0.250 e. The van der Waals surface area contributed by atoms with Crippen molar-refractivity contribution in [1.82, 2.24) is 4.98 Å². The molecular formula is C13H14N2O. The third kappa shape index (κ3) is 2.08. The fourth-order valence-electron chi connectivity index (χ4n) is 1.76. The minimum absolute atomic E-state index is 0.465. The normalized spacial score (nSPS) is 10.9. The van der Waals surface area contributed by atoms with Crippen molar-refractivity contribution in [3.8, 4) is 0 Å². The molecule has 0 unspecified atom stereocenters. The molecule has 0 aliphatic carbocycles. The van der Waals surface area contributed by atoms with Crippen molar-refractivity contribution in [2.24, 2.45) is 11.1 Å². The second kappa shape index (κ2) is 4.39. The highest BCUT2D eigenvalue weighted by Crippen LogP contribution is 2.25. The zero-order chi connectivity index (χ0) is 11.5. The summed E-state index contributed by atoms with van der Waals surface area (Å²) in [6, 6.07) is 9.58. The Balaban J connectivity index is 2.58. The second-order valence-electron chi connectivity index (χ2n) is 4.34. The van der Waals surface area contributed by atoms with Gasteiger partial charge in [0.05, 0.1) is 11.2 Å². The van der Waals surface area contributed by atoms with E-state index in [-0.39, 0.29) is 0 Å². The first-order chi connectivity index (χ1) is 7.70. The number of benzene rings is 1. The van der Waals surface area contributed by atoms with E-state index in [4.69, 9.17) is 0 Å². The first-order valence-electron chi connectivity index (χ1n) is 5.42. The molecule has 0 saturated heterocycles. The Hall–Kier alpha value is -1.77. The lowest BCUT2D eigenvalue weighted by Gasteiger charge is -2.07. The molecule has 1 aromatic heterocycles. The molecule has 16 heavy (non-hydrogen) atoms. The van der Waals surface area contributed by atoms with Gasteiger partial charge in [0.25, 0.3) is 0 Å². The Kier molecular flexibility index (Phi) is 2.95. The summed E-state index contributed by atoms with van der Waals surface area (Å²) in [4.78, 5) is 15.3. The predicted octanol–water partition coefficient (Wildman–Crippen LogP) is 3.83. The van der Waals surface area contributed by atoms with Crippen LogP contribution < -0.4 is 0 Å². The summed E-state index contributed by atoms with van der Waals surface area (Å²) in [5.41, 5.74) is 2.18. The molecule has 2 aromatic rings. The maximum atomic E-state index is 10.8. The summed E-state index contributed by atoms with van der Waals surface area (Å²) in [5, 5.41) is 4.02. The van der Waals surface area contributed by atoms with Gasteiger partial charge in [-0.3, -0.25) is 4.98 Å². The quantitative estimate of drug-likeness (QED) is 0.728. The Morgan fingerprint density at radius 1 is 1.31 bits per heavy atom. The molecule has 2 rings (SSSR count). The number of rotatable bonds is 3. The van der Waals surface area contributed by atoms with E-state index >= 15 is 0 Å². The van der Waals surface area contributed by atoms with Crippen LogP contribution >= 0.6 is 0 Å². The van der Waals surface area contributed by atoms with Crippen LogP contribution in [-0.2, 0) is 6.42 Å². The Labute approximate surface area is 94.5 Å². The summed E-state index contributed by atoms with van der Waals surface area (Å²) >= 11 is 0. The number of aromatic nitrogens is 1. The van der Waals surface area contributed by atoms with Crippen molar-refractivity contribution in [2.75, 3.05) is 0 Å². The first kappa shape index (κ1) is 10.7. The third-order valence-electron chi connectivity index (χ3n) is 2.48. The van der Waals surface area contributed by atoms with E-state index in [0.717, 1.165) is 23.0 Å². The van der Waals surface area contributed by atoms with Crippen molar-refractivity contribution in [1.29, 1.82) is 0 Å². The van der Waals surface area contributed by atoms with Gasteiger partial charge in [0.1, 0.15) is 5.69 Å². The van der Waals surface area contributed by atoms with E-state index in [9.17, 15) is 4.91 Å². The van der Waals surface area contributed by atoms with Gasteiger partial charge in [0.2, 0.25) is 0 Å². The van der Waals surface area contributed by atoms with Crippen LogP contribution in [-0.4, -0.2) is 4.98 Å². The lowest BCUT2D eigenvalue weighted by molar-refractivity contribution is 0.637. The van der Waals surface area contributed by atoms with Gasteiger partial charge in [-0.25, -0.2) is 0 Å². The highest BCUT2D eigenvalue weighted by molar-refractivity contribution is 5.81. The molecule has 3 heteroatoms. The molecule has 1 heterocycles. The van der Waals surface area contributed by atoms with Gasteiger partial charge in [-0.2, -0.15) is 0 Å². The van der Waals surface area contributed by atoms with Crippen LogP contribution in [0.5, 0.6) is 0 Å². The molecule has 82 valence electrons. The monoisotopic (exact) mass is 214 g/mol. The van der Waals surface area contributed by atoms with Gasteiger partial charge in [-0.05, 0) is 29.6 Å². The maximum Gasteiger partial charge on any atom is 0.130 e. The number of hydrogen-bond donors (Lipinski definition) is 0. The molecule has 0 fully saturated rings. The minimum atomic E-state index is 0.465. The SMILES string of the molecule is CC(C)Cc1nc2ccccc2cc1N=O. The molecule has 3 nitrogen and oxygen atoms in total. The van der Waals surface area contributed by atoms with Crippen molar-refractivity contribution in [3.63, 3.8) is 0 Å². The highest BCUT2D eigenvalue weighted by Gasteiger charge is 2.08. The lowest BCUT2D eigenvalue weighted by Crippen LogP contribution is -1.98. The molecule has 0 aliphatic heterocycles. The number of pyridine rings is 1. The van der Waals surface area contributed by atoms with Gasteiger partial charge in [-0.1, -0.05) is 32.0 Å². The van der Waals surface area contributed by atoms with E-state index in [2.05, 4.69) is 24.0 Å². The van der Waals surface area contributed by atoms with Crippen molar-refractivity contribution in [3.05, 3.63) is 40.9 Å². The molecule has 1 aromatic carbocycles. The third-order valence-corrected chi connectivity index (χ3v) is 2.48. The lowest BCUT2D eigenvalue weighted by atomic mass is 10.1. The number of nitrogens with zero attached hydrogens (tertiary/aromatic N) is 2. The molecule has 0 atom stereocenters. The topological polar surface area (TPSA) is 42.3 Å². The first-order valence-corrected chi connectivity index (χ1v) is 5.42. The molecule has 0 radical (unpaired) electrons. The zero-order valence-corrected chi connectivity index (χ0v) is 9.47. The van der Waals surface area contributed by atoms with Crippen LogP contribution in [0.25, 0.3) is 10.9 Å². The van der Waals surface area contributed by atoms with E-state index < -0.39 is 0 Å². The summed E-state index contributed by atoms with van der Waals surface area (Å²) in [5.74, 6) is 0.467. The van der Waals surface area contributed by atoms with Crippen LogP contribution in [0.15, 0.2) is 35.5 Å². The summed E-state index contributed by atoms with van der Waals surface area (Å²) in [6.07, 6.45) is 0.784. The molecular weight excluding hydrogens is 200 g/mol. The van der Waals surface area contributed by atoms with Crippen LogP contribution in [0.4, 0.5) is 5.69 Å². The van der Waals surface area contributed by atoms with E-state index in [1.165, 1.54) is 0 Å². The Morgan fingerprint density at radius 3 is 2.75 bits per heavy atom. The molecule has 0 amide bonds. The van der Waals surface area contributed by atoms with Crippen LogP contribution in [0, 0.1) is 10.8 Å². The van der Waals surface area contributed by atoms with Crippen LogP contribution in [0.1, 0.15) is 19.5 Å². The fourth-order valence-corrected chi connectivity index (χ4v) is 1.76. The predicted molar refractivity (Wildman–Crippen MR) is 65.7 cm³/mol. The van der Waals surface area contributed by atoms with Gasteiger partial charge in [0, 0.05) is 5.39 Å². The summed E-state index contributed by atoms with van der Waals surface area (Å²) in [7, 11) is 0. The van der Waals surface area contributed by atoms with Gasteiger partial charge >= 0.3 is 0 Å². The number of hydrogen-bond acceptors (Lipinski definition) is 3. The Morgan fingerprint density at radius 2 is 2.06 bits per heavy atom. The van der Waals surface area contributed by atoms with E-state index in [1.807, 2.05) is 30.3 Å². The number of nitroso groups, excluding NO2 is 1. The van der Waals surface area contributed by atoms with Gasteiger partial charge in [0.15, 0.2) is 0 Å². The number of fused-ring (bicyclic) bond motifs is 1. The van der Waals surface area contributed by atoms with Crippen LogP contribution in [0.3, 0.4) is 0 Å². The minimum Gasteiger partial charge on any atom is -0.250 e. The average molecular weight is 214 g/mol. The Bertz CT molecular complexity index is 520. The van der Waals surface area contributed by atoms with E-state index in [0.29, 0.717) is 11.6 Å². The number of para-hydroxylation sites is 1. The van der Waals surface area contributed by atoms with Crippen molar-refractivity contribution in [2.45, 2.75) is 20.3 Å². The summed E-state index contributed by atoms with van der Waals surface area (Å²) < 4.78 is 0. The molecule has 0 spiro atoms.